The third-order valence-electron chi connectivity index (χ3n) is 5.31. The van der Waals surface area contributed by atoms with Crippen molar-refractivity contribution in [2.24, 2.45) is 5.41 Å². The normalized spacial score (nSPS) is 24.5. The van der Waals surface area contributed by atoms with Gasteiger partial charge in [0.25, 0.3) is 0 Å². The van der Waals surface area contributed by atoms with Crippen LogP contribution in [0.2, 0.25) is 0 Å². The van der Waals surface area contributed by atoms with Gasteiger partial charge in [-0.05, 0) is 31.9 Å². The average molecular weight is 329 g/mol. The topological polar surface area (TPSA) is 52.7 Å². The summed E-state index contributed by atoms with van der Waals surface area (Å²) in [7, 11) is 1.80. The smallest absolute Gasteiger partial charge is 0.236 e. The van der Waals surface area contributed by atoms with Crippen molar-refractivity contribution in [3.63, 3.8) is 0 Å². The lowest BCUT2D eigenvalue weighted by molar-refractivity contribution is -0.143. The van der Waals surface area contributed by atoms with Crippen LogP contribution in [0.15, 0.2) is 30.3 Å². The Morgan fingerprint density at radius 1 is 1.21 bits per heavy atom. The first-order chi connectivity index (χ1) is 11.6. The highest BCUT2D eigenvalue weighted by molar-refractivity contribution is 5.79. The maximum atomic E-state index is 12.4. The number of nitrogens with zero attached hydrogens (tertiary/aromatic N) is 2. The summed E-state index contributed by atoms with van der Waals surface area (Å²) < 4.78 is 0. The molecule has 1 spiro atoms. The van der Waals surface area contributed by atoms with Gasteiger partial charge in [0.2, 0.25) is 11.8 Å². The highest BCUT2D eigenvalue weighted by atomic mass is 16.2. The van der Waals surface area contributed by atoms with Gasteiger partial charge in [-0.2, -0.15) is 0 Å². The summed E-state index contributed by atoms with van der Waals surface area (Å²) in [5, 5.41) is 2.95. The quantitative estimate of drug-likeness (QED) is 0.914. The molecule has 2 saturated heterocycles. The van der Waals surface area contributed by atoms with Crippen LogP contribution in [0.1, 0.15) is 31.2 Å². The lowest BCUT2D eigenvalue weighted by Gasteiger charge is -2.48. The van der Waals surface area contributed by atoms with Gasteiger partial charge in [-0.1, -0.05) is 30.3 Å². The molecule has 3 rings (SSSR count). The zero-order valence-electron chi connectivity index (χ0n) is 14.5. The molecule has 5 heteroatoms. The van der Waals surface area contributed by atoms with Gasteiger partial charge in [0.05, 0.1) is 6.54 Å². The van der Waals surface area contributed by atoms with E-state index >= 15 is 0 Å². The maximum Gasteiger partial charge on any atom is 0.236 e. The summed E-state index contributed by atoms with van der Waals surface area (Å²) >= 11 is 0. The fourth-order valence-corrected chi connectivity index (χ4v) is 4.07. The average Bonchev–Trinajstić information content (AvgIpc) is 2.60. The molecule has 0 unspecified atom stereocenters. The number of likely N-dealkylation sites (tertiary alicyclic amines) is 2. The minimum atomic E-state index is 0.0738. The SMILES string of the molecule is CNCC(=O)N1CCC[C@]2(CCC(=O)N(Cc3ccccc3)C2)C1. The molecule has 24 heavy (non-hydrogen) atoms. The monoisotopic (exact) mass is 329 g/mol. The van der Waals surface area contributed by atoms with Gasteiger partial charge < -0.3 is 15.1 Å². The van der Waals surface area contributed by atoms with E-state index in [1.165, 1.54) is 5.56 Å². The first-order valence-corrected chi connectivity index (χ1v) is 8.86. The lowest BCUT2D eigenvalue weighted by Crippen LogP contribution is -2.55. The second-order valence-corrected chi connectivity index (χ2v) is 7.18. The van der Waals surface area contributed by atoms with Gasteiger partial charge in [-0.3, -0.25) is 9.59 Å². The summed E-state index contributed by atoms with van der Waals surface area (Å²) in [6.07, 6.45) is 3.64. The summed E-state index contributed by atoms with van der Waals surface area (Å²) in [5.74, 6) is 0.409. The van der Waals surface area contributed by atoms with E-state index < -0.39 is 0 Å². The number of hydrogen-bond donors (Lipinski definition) is 1. The van der Waals surface area contributed by atoms with Crippen molar-refractivity contribution in [2.75, 3.05) is 33.2 Å². The number of rotatable bonds is 4. The Balaban J connectivity index is 1.69. The van der Waals surface area contributed by atoms with Gasteiger partial charge in [0.15, 0.2) is 0 Å². The third kappa shape index (κ3) is 3.78. The van der Waals surface area contributed by atoms with E-state index in [2.05, 4.69) is 17.4 Å². The number of carbonyl (C=O) groups excluding carboxylic acids is 2. The zero-order valence-corrected chi connectivity index (χ0v) is 14.5. The molecular weight excluding hydrogens is 302 g/mol. The van der Waals surface area contributed by atoms with E-state index in [0.717, 1.165) is 38.9 Å². The Labute approximate surface area is 144 Å². The molecule has 2 amide bonds. The molecule has 1 atom stereocenters. The molecule has 2 aliphatic heterocycles. The van der Waals surface area contributed by atoms with E-state index in [9.17, 15) is 9.59 Å². The molecule has 0 radical (unpaired) electrons. The molecule has 1 aromatic rings. The van der Waals surface area contributed by atoms with Crippen molar-refractivity contribution in [2.45, 2.75) is 32.2 Å². The molecule has 0 saturated carbocycles. The van der Waals surface area contributed by atoms with Crippen molar-refractivity contribution < 1.29 is 9.59 Å². The van der Waals surface area contributed by atoms with E-state index in [0.29, 0.717) is 19.5 Å². The van der Waals surface area contributed by atoms with E-state index in [1.807, 2.05) is 28.0 Å². The highest BCUT2D eigenvalue weighted by Crippen LogP contribution is 2.39. The first kappa shape index (κ1) is 17.0. The van der Waals surface area contributed by atoms with Gasteiger partial charge in [-0.15, -0.1) is 0 Å². The molecule has 130 valence electrons. The molecule has 2 heterocycles. The number of piperidine rings is 2. The van der Waals surface area contributed by atoms with Crippen LogP contribution in [0.4, 0.5) is 0 Å². The molecule has 2 fully saturated rings. The van der Waals surface area contributed by atoms with Crippen LogP contribution in [0.5, 0.6) is 0 Å². The standard InChI is InChI=1S/C19H27N3O2/c1-20-12-18(24)21-11-5-9-19(14-21)10-8-17(23)22(15-19)13-16-6-3-2-4-7-16/h2-4,6-7,20H,5,8-15H2,1H3/t19-/m0/s1. The van der Waals surface area contributed by atoms with E-state index in [1.54, 1.807) is 7.05 Å². The Morgan fingerprint density at radius 2 is 2.00 bits per heavy atom. The lowest BCUT2D eigenvalue weighted by atomic mass is 9.73. The van der Waals surface area contributed by atoms with Crippen LogP contribution < -0.4 is 5.32 Å². The van der Waals surface area contributed by atoms with Crippen molar-refractivity contribution >= 4 is 11.8 Å². The summed E-state index contributed by atoms with van der Waals surface area (Å²) in [4.78, 5) is 28.6. The third-order valence-corrected chi connectivity index (χ3v) is 5.31. The predicted octanol–water partition coefficient (Wildman–Crippen LogP) is 1.64. The Kier molecular flexibility index (Phi) is 5.19. The second-order valence-electron chi connectivity index (χ2n) is 7.18. The number of amides is 2. The van der Waals surface area contributed by atoms with Gasteiger partial charge >= 0.3 is 0 Å². The molecular formula is C19H27N3O2. The number of likely N-dealkylation sites (N-methyl/N-ethyl adjacent to an activating group) is 1. The number of hydrogen-bond acceptors (Lipinski definition) is 3. The van der Waals surface area contributed by atoms with Crippen LogP contribution in [0.3, 0.4) is 0 Å². The van der Waals surface area contributed by atoms with Gasteiger partial charge in [-0.25, -0.2) is 0 Å². The van der Waals surface area contributed by atoms with Gasteiger partial charge in [0.1, 0.15) is 0 Å². The minimum absolute atomic E-state index is 0.0738. The Morgan fingerprint density at radius 3 is 2.75 bits per heavy atom. The largest absolute Gasteiger partial charge is 0.341 e. The van der Waals surface area contributed by atoms with Crippen LogP contribution in [0.25, 0.3) is 0 Å². The maximum absolute atomic E-state index is 12.4. The van der Waals surface area contributed by atoms with Crippen LogP contribution >= 0.6 is 0 Å². The Bertz CT molecular complexity index is 590. The number of benzene rings is 1. The van der Waals surface area contributed by atoms with Crippen molar-refractivity contribution in [1.29, 1.82) is 0 Å². The summed E-state index contributed by atoms with van der Waals surface area (Å²) in [6.45, 7) is 3.46. The summed E-state index contributed by atoms with van der Waals surface area (Å²) in [6, 6.07) is 10.2. The van der Waals surface area contributed by atoms with Gasteiger partial charge in [0, 0.05) is 38.0 Å². The zero-order chi connectivity index (χ0) is 17.0. The van der Waals surface area contributed by atoms with Crippen molar-refractivity contribution in [3.05, 3.63) is 35.9 Å². The molecule has 0 bridgehead atoms. The van der Waals surface area contributed by atoms with Crippen LogP contribution in [-0.4, -0.2) is 54.8 Å². The Hall–Kier alpha value is -1.88. The summed E-state index contributed by atoms with van der Waals surface area (Å²) in [5.41, 5.74) is 1.24. The van der Waals surface area contributed by atoms with Crippen LogP contribution in [0, 0.1) is 5.41 Å². The minimum Gasteiger partial charge on any atom is -0.341 e. The molecule has 0 aromatic heterocycles. The first-order valence-electron chi connectivity index (χ1n) is 8.86. The molecule has 0 aliphatic carbocycles. The molecule has 2 aliphatic rings. The second kappa shape index (κ2) is 7.34. The predicted molar refractivity (Wildman–Crippen MR) is 93.3 cm³/mol. The molecule has 1 aromatic carbocycles. The fourth-order valence-electron chi connectivity index (χ4n) is 4.07. The van der Waals surface area contributed by atoms with Crippen LogP contribution in [-0.2, 0) is 16.1 Å². The highest BCUT2D eigenvalue weighted by Gasteiger charge is 2.42. The fraction of sp³-hybridized carbons (Fsp3) is 0.579. The molecule has 5 nitrogen and oxygen atoms in total. The molecule has 1 N–H and O–H groups in total. The van der Waals surface area contributed by atoms with Crippen molar-refractivity contribution in [3.8, 4) is 0 Å². The number of nitrogens with one attached hydrogen (secondary N) is 1. The number of carbonyl (C=O) groups is 2. The van der Waals surface area contributed by atoms with E-state index in [-0.39, 0.29) is 17.2 Å². The van der Waals surface area contributed by atoms with Crippen molar-refractivity contribution in [1.82, 2.24) is 15.1 Å². The van der Waals surface area contributed by atoms with E-state index in [4.69, 9.17) is 0 Å².